The van der Waals surface area contributed by atoms with Gasteiger partial charge in [0.05, 0.1) is 16.3 Å². The predicted molar refractivity (Wildman–Crippen MR) is 80.1 cm³/mol. The maximum absolute atomic E-state index is 13.7. The van der Waals surface area contributed by atoms with Crippen LogP contribution in [0, 0.1) is 11.6 Å². The Bertz CT molecular complexity index is 750. The molecule has 2 aromatic rings. The van der Waals surface area contributed by atoms with E-state index < -0.39 is 17.5 Å². The number of amides is 2. The minimum absolute atomic E-state index is 0.00685. The highest BCUT2D eigenvalue weighted by molar-refractivity contribution is 6.34. The molecule has 0 atom stereocenters. The number of carbonyl (C=O) groups excluding carboxylic acids is 2. The summed E-state index contributed by atoms with van der Waals surface area (Å²) in [5.74, 6) is -2.28. The lowest BCUT2D eigenvalue weighted by molar-refractivity contribution is -0.114. The molecule has 2 amide bonds. The van der Waals surface area contributed by atoms with Crippen molar-refractivity contribution in [2.24, 2.45) is 0 Å². The summed E-state index contributed by atoms with van der Waals surface area (Å²) in [7, 11) is 0. The highest BCUT2D eigenvalue weighted by Crippen LogP contribution is 2.23. The second kappa shape index (κ2) is 6.53. The third kappa shape index (κ3) is 3.79. The number of rotatable bonds is 3. The molecular formula is C15H11ClF2N2O2. The lowest BCUT2D eigenvalue weighted by atomic mass is 10.2. The average Bonchev–Trinajstić information content (AvgIpc) is 2.41. The third-order valence-electron chi connectivity index (χ3n) is 2.71. The summed E-state index contributed by atoms with van der Waals surface area (Å²) in [5.41, 5.74) is 0.207. The molecule has 0 unspecified atom stereocenters. The van der Waals surface area contributed by atoms with Gasteiger partial charge in [0.2, 0.25) is 5.91 Å². The lowest BCUT2D eigenvalue weighted by Gasteiger charge is -2.10. The first kappa shape index (κ1) is 15.9. The Morgan fingerprint density at radius 3 is 2.41 bits per heavy atom. The van der Waals surface area contributed by atoms with Gasteiger partial charge in [0.15, 0.2) is 0 Å². The minimum Gasteiger partial charge on any atom is -0.326 e. The summed E-state index contributed by atoms with van der Waals surface area (Å²) in [4.78, 5) is 23.0. The first-order valence-corrected chi connectivity index (χ1v) is 6.58. The molecule has 0 aromatic heterocycles. The van der Waals surface area contributed by atoms with Gasteiger partial charge in [0, 0.05) is 12.6 Å². The number of carbonyl (C=O) groups is 2. The van der Waals surface area contributed by atoms with Gasteiger partial charge in [-0.15, -0.1) is 0 Å². The number of halogens is 3. The molecule has 0 aliphatic carbocycles. The quantitative estimate of drug-likeness (QED) is 0.901. The van der Waals surface area contributed by atoms with E-state index in [1.54, 1.807) is 0 Å². The molecule has 0 heterocycles. The van der Waals surface area contributed by atoms with Crippen LogP contribution in [0.1, 0.15) is 17.3 Å². The van der Waals surface area contributed by atoms with Crippen LogP contribution in [0.3, 0.4) is 0 Å². The van der Waals surface area contributed by atoms with Gasteiger partial charge < -0.3 is 10.6 Å². The van der Waals surface area contributed by atoms with E-state index in [2.05, 4.69) is 10.6 Å². The zero-order chi connectivity index (χ0) is 16.3. The number of hydrogen-bond acceptors (Lipinski definition) is 2. The standard InChI is InChI=1S/C15H11ClF2N2O2/c1-8(21)19-10-3-5-13(18)14(7-10)20-15(22)11-4-2-9(17)6-12(11)16/h2-7H,1H3,(H,19,21)(H,20,22). The van der Waals surface area contributed by atoms with Crippen molar-refractivity contribution in [3.8, 4) is 0 Å². The van der Waals surface area contributed by atoms with E-state index in [9.17, 15) is 18.4 Å². The van der Waals surface area contributed by atoms with Crippen molar-refractivity contribution in [2.45, 2.75) is 6.92 Å². The zero-order valence-electron chi connectivity index (χ0n) is 11.4. The Balaban J connectivity index is 2.25. The number of hydrogen-bond donors (Lipinski definition) is 2. The molecule has 0 saturated carbocycles. The van der Waals surface area contributed by atoms with Crippen molar-refractivity contribution in [1.29, 1.82) is 0 Å². The Labute approximate surface area is 130 Å². The van der Waals surface area contributed by atoms with Gasteiger partial charge in [-0.3, -0.25) is 9.59 Å². The van der Waals surface area contributed by atoms with E-state index in [4.69, 9.17) is 11.6 Å². The summed E-state index contributed by atoms with van der Waals surface area (Å²) in [6, 6.07) is 6.99. The van der Waals surface area contributed by atoms with Gasteiger partial charge >= 0.3 is 0 Å². The van der Waals surface area contributed by atoms with Crippen molar-refractivity contribution in [3.63, 3.8) is 0 Å². The second-order valence-electron chi connectivity index (χ2n) is 4.45. The Hall–Kier alpha value is -2.47. The Morgan fingerprint density at radius 2 is 1.77 bits per heavy atom. The first-order valence-electron chi connectivity index (χ1n) is 6.20. The van der Waals surface area contributed by atoms with Gasteiger partial charge in [-0.25, -0.2) is 8.78 Å². The fourth-order valence-electron chi connectivity index (χ4n) is 1.77. The summed E-state index contributed by atoms with van der Waals surface area (Å²) in [6.07, 6.45) is 0. The number of nitrogens with one attached hydrogen (secondary N) is 2. The molecule has 0 aliphatic rings. The molecular weight excluding hydrogens is 314 g/mol. The van der Waals surface area contributed by atoms with Crippen LogP contribution < -0.4 is 10.6 Å². The molecule has 2 N–H and O–H groups in total. The molecule has 114 valence electrons. The fraction of sp³-hybridized carbons (Fsp3) is 0.0667. The second-order valence-corrected chi connectivity index (χ2v) is 4.86. The van der Waals surface area contributed by atoms with Crippen LogP contribution >= 0.6 is 11.6 Å². The van der Waals surface area contributed by atoms with Crippen molar-refractivity contribution in [2.75, 3.05) is 10.6 Å². The highest BCUT2D eigenvalue weighted by Gasteiger charge is 2.14. The first-order chi connectivity index (χ1) is 10.4. The van der Waals surface area contributed by atoms with E-state index in [1.807, 2.05) is 0 Å². The van der Waals surface area contributed by atoms with Gasteiger partial charge in [-0.05, 0) is 36.4 Å². The molecule has 7 heteroatoms. The van der Waals surface area contributed by atoms with Crippen LogP contribution in [0.2, 0.25) is 5.02 Å². The van der Waals surface area contributed by atoms with Crippen LogP contribution in [0.5, 0.6) is 0 Å². The van der Waals surface area contributed by atoms with E-state index in [0.29, 0.717) is 5.69 Å². The van der Waals surface area contributed by atoms with E-state index in [1.165, 1.54) is 25.1 Å². The molecule has 2 rings (SSSR count). The molecule has 2 aromatic carbocycles. The van der Waals surface area contributed by atoms with Crippen molar-refractivity contribution < 1.29 is 18.4 Å². The monoisotopic (exact) mass is 324 g/mol. The lowest BCUT2D eigenvalue weighted by Crippen LogP contribution is -2.14. The Kier molecular flexibility index (Phi) is 4.72. The average molecular weight is 325 g/mol. The number of anilines is 2. The molecule has 0 saturated heterocycles. The van der Waals surface area contributed by atoms with Crippen molar-refractivity contribution in [1.82, 2.24) is 0 Å². The van der Waals surface area contributed by atoms with Crippen LogP contribution in [-0.4, -0.2) is 11.8 Å². The third-order valence-corrected chi connectivity index (χ3v) is 3.02. The highest BCUT2D eigenvalue weighted by atomic mass is 35.5. The van der Waals surface area contributed by atoms with Gasteiger partial charge in [-0.2, -0.15) is 0 Å². The molecule has 0 fully saturated rings. The van der Waals surface area contributed by atoms with E-state index >= 15 is 0 Å². The van der Waals surface area contributed by atoms with Crippen LogP contribution in [0.4, 0.5) is 20.2 Å². The minimum atomic E-state index is -0.691. The molecule has 22 heavy (non-hydrogen) atoms. The van der Waals surface area contributed by atoms with Crippen molar-refractivity contribution in [3.05, 3.63) is 58.6 Å². The fourth-order valence-corrected chi connectivity index (χ4v) is 2.02. The SMILES string of the molecule is CC(=O)Nc1ccc(F)c(NC(=O)c2ccc(F)cc2Cl)c1. The molecule has 0 spiro atoms. The topological polar surface area (TPSA) is 58.2 Å². The molecule has 0 bridgehead atoms. The zero-order valence-corrected chi connectivity index (χ0v) is 12.2. The van der Waals surface area contributed by atoms with Gasteiger partial charge in [0.1, 0.15) is 11.6 Å². The van der Waals surface area contributed by atoms with Gasteiger partial charge in [-0.1, -0.05) is 11.6 Å². The van der Waals surface area contributed by atoms with E-state index in [-0.39, 0.29) is 22.2 Å². The maximum Gasteiger partial charge on any atom is 0.257 e. The predicted octanol–water partition coefficient (Wildman–Crippen LogP) is 3.83. The van der Waals surface area contributed by atoms with E-state index in [0.717, 1.165) is 18.2 Å². The normalized spacial score (nSPS) is 10.2. The smallest absolute Gasteiger partial charge is 0.257 e. The van der Waals surface area contributed by atoms with Crippen LogP contribution in [-0.2, 0) is 4.79 Å². The maximum atomic E-state index is 13.7. The van der Waals surface area contributed by atoms with Crippen LogP contribution in [0.25, 0.3) is 0 Å². The summed E-state index contributed by atoms with van der Waals surface area (Å²) >= 11 is 5.78. The molecule has 4 nitrogen and oxygen atoms in total. The summed E-state index contributed by atoms with van der Waals surface area (Å²) in [6.45, 7) is 1.31. The molecule has 0 radical (unpaired) electrons. The van der Waals surface area contributed by atoms with Gasteiger partial charge in [0.25, 0.3) is 5.91 Å². The van der Waals surface area contributed by atoms with Crippen LogP contribution in [0.15, 0.2) is 36.4 Å². The molecule has 0 aliphatic heterocycles. The summed E-state index contributed by atoms with van der Waals surface area (Å²) < 4.78 is 26.7. The largest absolute Gasteiger partial charge is 0.326 e. The van der Waals surface area contributed by atoms with Crippen molar-refractivity contribution >= 4 is 34.8 Å². The Morgan fingerprint density at radius 1 is 1.05 bits per heavy atom. The number of benzene rings is 2. The summed E-state index contributed by atoms with van der Waals surface area (Å²) in [5, 5.41) is 4.71.